The number of aromatic nitrogens is 3. The quantitative estimate of drug-likeness (QED) is 0.445. The van der Waals surface area contributed by atoms with E-state index in [1.165, 1.54) is 6.20 Å². The first-order chi connectivity index (χ1) is 14.7. The van der Waals surface area contributed by atoms with E-state index >= 15 is 4.39 Å². The monoisotopic (exact) mass is 425 g/mol. The van der Waals surface area contributed by atoms with Gasteiger partial charge in [-0.3, -0.25) is 14.4 Å². The van der Waals surface area contributed by atoms with Crippen LogP contribution < -0.4 is 4.90 Å². The molecular weight excluding hydrogens is 401 g/mol. The van der Waals surface area contributed by atoms with Gasteiger partial charge in [-0.15, -0.1) is 0 Å². The molecule has 3 aromatic rings. The Balaban J connectivity index is 1.58. The van der Waals surface area contributed by atoms with Crippen molar-refractivity contribution in [1.29, 1.82) is 0 Å². The fourth-order valence-electron chi connectivity index (χ4n) is 3.85. The molecule has 1 aliphatic rings. The van der Waals surface area contributed by atoms with Gasteiger partial charge in [0.05, 0.1) is 24.1 Å². The number of hydrogen-bond acceptors (Lipinski definition) is 5. The van der Waals surface area contributed by atoms with Crippen LogP contribution >= 0.6 is 0 Å². The van der Waals surface area contributed by atoms with Gasteiger partial charge in [-0.25, -0.2) is 14.1 Å². The van der Waals surface area contributed by atoms with E-state index in [-0.39, 0.29) is 6.42 Å². The highest BCUT2D eigenvalue weighted by Gasteiger charge is 2.55. The predicted molar refractivity (Wildman–Crippen MR) is 111 cm³/mol. The number of alkyl halides is 1. The highest BCUT2D eigenvalue weighted by molar-refractivity contribution is 6.22. The Morgan fingerprint density at radius 2 is 1.87 bits per heavy atom. The van der Waals surface area contributed by atoms with E-state index in [1.54, 1.807) is 36.9 Å². The van der Waals surface area contributed by atoms with E-state index in [0.29, 0.717) is 18.0 Å². The molecule has 3 amide bonds. The van der Waals surface area contributed by atoms with Crippen molar-refractivity contribution in [3.63, 3.8) is 0 Å². The van der Waals surface area contributed by atoms with E-state index in [2.05, 4.69) is 10.3 Å². The van der Waals surface area contributed by atoms with E-state index in [0.717, 1.165) is 26.6 Å². The second kappa shape index (κ2) is 7.64. The molecule has 8 nitrogen and oxygen atoms in total. The lowest BCUT2D eigenvalue weighted by molar-refractivity contribution is -0.125. The summed E-state index contributed by atoms with van der Waals surface area (Å²) >= 11 is 0. The Morgan fingerprint density at radius 1 is 1.16 bits per heavy atom. The van der Waals surface area contributed by atoms with Crippen LogP contribution in [0.4, 0.5) is 14.9 Å². The largest absolute Gasteiger partial charge is 0.361 e. The van der Waals surface area contributed by atoms with Crippen LogP contribution in [0, 0.1) is 13.8 Å². The van der Waals surface area contributed by atoms with Gasteiger partial charge in [0.2, 0.25) is 0 Å². The van der Waals surface area contributed by atoms with Gasteiger partial charge in [0.1, 0.15) is 11.3 Å². The van der Waals surface area contributed by atoms with Gasteiger partial charge < -0.3 is 4.52 Å². The summed E-state index contributed by atoms with van der Waals surface area (Å²) in [7, 11) is 0. The Bertz CT molecular complexity index is 1100. The van der Waals surface area contributed by atoms with Gasteiger partial charge >= 0.3 is 6.03 Å². The zero-order chi connectivity index (χ0) is 22.3. The van der Waals surface area contributed by atoms with Crippen LogP contribution in [0.25, 0.3) is 0 Å². The predicted octanol–water partition coefficient (Wildman–Crippen LogP) is 3.62. The van der Waals surface area contributed by atoms with Gasteiger partial charge in [0.15, 0.2) is 6.30 Å². The second-order valence-corrected chi connectivity index (χ2v) is 8.18. The fourth-order valence-corrected chi connectivity index (χ4v) is 3.85. The summed E-state index contributed by atoms with van der Waals surface area (Å²) in [5.41, 5.74) is 1.34. The summed E-state index contributed by atoms with van der Waals surface area (Å²) in [6.07, 6.45) is 1.38. The average Bonchev–Trinajstić information content (AvgIpc) is 3.35. The number of rotatable bonds is 6. The molecule has 9 heteroatoms. The van der Waals surface area contributed by atoms with Crippen LogP contribution in [0.15, 0.2) is 47.2 Å². The van der Waals surface area contributed by atoms with Crippen LogP contribution in [0.5, 0.6) is 0 Å². The number of amides is 3. The normalized spacial score (nSPS) is 16.9. The van der Waals surface area contributed by atoms with Crippen molar-refractivity contribution in [2.24, 2.45) is 0 Å². The average molecular weight is 425 g/mol. The molecule has 1 fully saturated rings. The highest BCUT2D eigenvalue weighted by atomic mass is 19.1. The number of anilines is 1. The second-order valence-electron chi connectivity index (χ2n) is 8.18. The topological polar surface area (TPSA) is 84.5 Å². The first kappa shape index (κ1) is 20.8. The minimum absolute atomic E-state index is 0.00242. The third kappa shape index (κ3) is 3.60. The van der Waals surface area contributed by atoms with Crippen LogP contribution in [-0.2, 0) is 17.8 Å². The SMILES string of the molecule is Cc1noc(C)c1Cn1cc(N2C(=O)N(C(F)Cc3ccccc3)C(C)(C)C2=O)cn1. The van der Waals surface area contributed by atoms with Crippen molar-refractivity contribution in [1.82, 2.24) is 19.8 Å². The number of benzene rings is 1. The Kier molecular flexibility index (Phi) is 5.12. The van der Waals surface area contributed by atoms with E-state index in [1.807, 2.05) is 32.0 Å². The van der Waals surface area contributed by atoms with Crippen molar-refractivity contribution < 1.29 is 18.5 Å². The van der Waals surface area contributed by atoms with Crippen LogP contribution in [0.1, 0.15) is 36.4 Å². The number of halogens is 1. The molecule has 31 heavy (non-hydrogen) atoms. The third-order valence-corrected chi connectivity index (χ3v) is 5.63. The standard InChI is InChI=1S/C22H24FN5O3/c1-14-18(15(2)31-25-14)13-26-12-17(11-24-26)27-20(29)22(3,4)28(21(27)30)19(23)10-16-8-6-5-7-9-16/h5-9,11-12,19H,10,13H2,1-4H3. The molecule has 0 bridgehead atoms. The van der Waals surface area contributed by atoms with E-state index in [4.69, 9.17) is 4.52 Å². The van der Waals surface area contributed by atoms with E-state index < -0.39 is 23.8 Å². The number of nitrogens with zero attached hydrogens (tertiary/aromatic N) is 5. The van der Waals surface area contributed by atoms with Crippen molar-refractivity contribution in [3.8, 4) is 0 Å². The lowest BCUT2D eigenvalue weighted by Gasteiger charge is -2.30. The number of carbonyl (C=O) groups is 2. The maximum Gasteiger partial charge on any atom is 0.334 e. The third-order valence-electron chi connectivity index (χ3n) is 5.63. The summed E-state index contributed by atoms with van der Waals surface area (Å²) in [4.78, 5) is 28.2. The van der Waals surface area contributed by atoms with Crippen LogP contribution in [0.3, 0.4) is 0 Å². The molecule has 1 saturated heterocycles. The van der Waals surface area contributed by atoms with Crippen LogP contribution in [-0.4, -0.2) is 43.6 Å². The zero-order valence-electron chi connectivity index (χ0n) is 17.9. The van der Waals surface area contributed by atoms with Gasteiger partial charge in [-0.2, -0.15) is 5.10 Å². The molecule has 162 valence electrons. The first-order valence-electron chi connectivity index (χ1n) is 10.00. The molecule has 1 atom stereocenters. The minimum Gasteiger partial charge on any atom is -0.361 e. The lowest BCUT2D eigenvalue weighted by Crippen LogP contribution is -2.49. The molecule has 2 aromatic heterocycles. The Hall–Kier alpha value is -3.49. The molecule has 1 aliphatic heterocycles. The summed E-state index contributed by atoms with van der Waals surface area (Å²) in [5.74, 6) is 0.182. The molecule has 1 unspecified atom stereocenters. The summed E-state index contributed by atoms with van der Waals surface area (Å²) < 4.78 is 22.0. The molecule has 3 heterocycles. The maximum atomic E-state index is 15.2. The molecule has 0 saturated carbocycles. The maximum absolute atomic E-state index is 15.2. The van der Waals surface area contributed by atoms with Crippen molar-refractivity contribution in [2.75, 3.05) is 4.90 Å². The molecule has 1 aromatic carbocycles. The zero-order valence-corrected chi connectivity index (χ0v) is 17.9. The number of urea groups is 1. The number of hydrogen-bond donors (Lipinski definition) is 0. The molecule has 0 aliphatic carbocycles. The highest BCUT2D eigenvalue weighted by Crippen LogP contribution is 2.34. The van der Waals surface area contributed by atoms with Crippen LogP contribution in [0.2, 0.25) is 0 Å². The smallest absolute Gasteiger partial charge is 0.334 e. The molecular formula is C22H24FN5O3. The molecule has 4 rings (SSSR count). The number of imide groups is 1. The van der Waals surface area contributed by atoms with Gasteiger partial charge in [0.25, 0.3) is 5.91 Å². The number of carbonyl (C=O) groups excluding carboxylic acids is 2. The minimum atomic E-state index is -1.64. The summed E-state index contributed by atoms with van der Waals surface area (Å²) in [6, 6.07) is 8.34. The Labute approximate surface area is 179 Å². The van der Waals surface area contributed by atoms with E-state index in [9.17, 15) is 9.59 Å². The van der Waals surface area contributed by atoms with Gasteiger partial charge in [-0.05, 0) is 33.3 Å². The first-order valence-corrected chi connectivity index (χ1v) is 10.00. The van der Waals surface area contributed by atoms with Gasteiger partial charge in [-0.1, -0.05) is 35.5 Å². The lowest BCUT2D eigenvalue weighted by atomic mass is 10.0. The van der Waals surface area contributed by atoms with Crippen molar-refractivity contribution in [3.05, 3.63) is 65.3 Å². The molecule has 0 radical (unpaired) electrons. The summed E-state index contributed by atoms with van der Waals surface area (Å²) in [5, 5.41) is 8.18. The number of aryl methyl sites for hydroxylation is 2. The van der Waals surface area contributed by atoms with Gasteiger partial charge in [0, 0.05) is 18.2 Å². The fraction of sp³-hybridized carbons (Fsp3) is 0.364. The summed E-state index contributed by atoms with van der Waals surface area (Å²) in [6.45, 7) is 7.13. The van der Waals surface area contributed by atoms with Crippen molar-refractivity contribution in [2.45, 2.75) is 52.5 Å². The molecule has 0 N–H and O–H groups in total. The molecule has 0 spiro atoms. The van der Waals surface area contributed by atoms with Crippen molar-refractivity contribution >= 4 is 17.6 Å². The Morgan fingerprint density at radius 3 is 2.52 bits per heavy atom.